The molecular formula is C18H21N5O. The van der Waals surface area contributed by atoms with E-state index in [0.29, 0.717) is 24.4 Å². The van der Waals surface area contributed by atoms with Gasteiger partial charge < -0.3 is 5.32 Å². The molecule has 24 heavy (non-hydrogen) atoms. The summed E-state index contributed by atoms with van der Waals surface area (Å²) in [6, 6.07) is 11.6. The average molecular weight is 323 g/mol. The van der Waals surface area contributed by atoms with Crippen LogP contribution >= 0.6 is 0 Å². The number of fused-ring (bicyclic) bond motifs is 2. The molecule has 1 amide bonds. The van der Waals surface area contributed by atoms with E-state index in [1.165, 1.54) is 5.56 Å². The van der Waals surface area contributed by atoms with E-state index in [4.69, 9.17) is 0 Å². The predicted molar refractivity (Wildman–Crippen MR) is 91.3 cm³/mol. The van der Waals surface area contributed by atoms with Crippen LogP contribution in [0.5, 0.6) is 0 Å². The van der Waals surface area contributed by atoms with E-state index < -0.39 is 0 Å². The predicted octanol–water partition coefficient (Wildman–Crippen LogP) is 1.37. The van der Waals surface area contributed by atoms with Gasteiger partial charge in [-0.3, -0.25) is 19.6 Å². The van der Waals surface area contributed by atoms with Gasteiger partial charge in [-0.05, 0) is 12.0 Å². The summed E-state index contributed by atoms with van der Waals surface area (Å²) in [5.41, 5.74) is 1.36. The van der Waals surface area contributed by atoms with Crippen LogP contribution in [-0.4, -0.2) is 57.4 Å². The van der Waals surface area contributed by atoms with Crippen LogP contribution < -0.4 is 5.32 Å². The van der Waals surface area contributed by atoms with Crippen molar-refractivity contribution in [1.29, 1.82) is 0 Å². The minimum atomic E-state index is -0.0161. The average Bonchev–Trinajstić information content (AvgIpc) is 3.16. The number of aromatic nitrogens is 2. The number of amides is 1. The van der Waals surface area contributed by atoms with Crippen molar-refractivity contribution in [2.45, 2.75) is 25.0 Å². The summed E-state index contributed by atoms with van der Waals surface area (Å²) in [5.74, 6) is 0.496. The first-order valence-corrected chi connectivity index (χ1v) is 8.36. The van der Waals surface area contributed by atoms with Crippen molar-refractivity contribution in [3.8, 4) is 0 Å². The normalized spacial score (nSPS) is 23.5. The second-order valence-corrected chi connectivity index (χ2v) is 6.53. The molecule has 2 saturated heterocycles. The van der Waals surface area contributed by atoms with Crippen LogP contribution in [0.4, 0.5) is 5.82 Å². The third kappa shape index (κ3) is 3.29. The Balaban J connectivity index is 1.29. The summed E-state index contributed by atoms with van der Waals surface area (Å²) in [6.07, 6.45) is 5.90. The molecule has 2 atom stereocenters. The maximum atomic E-state index is 12.2. The quantitative estimate of drug-likeness (QED) is 0.900. The number of likely N-dealkylation sites (tertiary alicyclic amines) is 2. The molecule has 1 N–H and O–H groups in total. The molecule has 0 aliphatic carbocycles. The van der Waals surface area contributed by atoms with Crippen molar-refractivity contribution in [3.05, 3.63) is 54.5 Å². The summed E-state index contributed by atoms with van der Waals surface area (Å²) in [4.78, 5) is 25.1. The van der Waals surface area contributed by atoms with E-state index in [-0.39, 0.29) is 5.91 Å². The van der Waals surface area contributed by atoms with Crippen molar-refractivity contribution in [3.63, 3.8) is 0 Å². The highest BCUT2D eigenvalue weighted by Gasteiger charge is 2.43. The lowest BCUT2D eigenvalue weighted by Gasteiger charge is -2.33. The molecule has 6 nitrogen and oxygen atoms in total. The molecule has 2 fully saturated rings. The van der Waals surface area contributed by atoms with Crippen LogP contribution in [-0.2, 0) is 11.3 Å². The highest BCUT2D eigenvalue weighted by molar-refractivity contribution is 5.91. The van der Waals surface area contributed by atoms with Gasteiger partial charge in [-0.2, -0.15) is 0 Å². The molecule has 2 bridgehead atoms. The molecule has 1 aromatic heterocycles. The first-order valence-electron chi connectivity index (χ1n) is 8.36. The molecule has 2 aromatic rings. The van der Waals surface area contributed by atoms with Gasteiger partial charge in [0.2, 0.25) is 5.91 Å². The molecule has 0 spiro atoms. The van der Waals surface area contributed by atoms with Gasteiger partial charge in [0, 0.05) is 44.1 Å². The van der Waals surface area contributed by atoms with E-state index in [0.717, 1.165) is 26.1 Å². The molecule has 0 saturated carbocycles. The number of carbonyl (C=O) groups excluding carboxylic acids is 1. The Hall–Kier alpha value is -2.31. The third-order valence-corrected chi connectivity index (χ3v) is 4.87. The van der Waals surface area contributed by atoms with Crippen molar-refractivity contribution in [2.24, 2.45) is 0 Å². The Labute approximate surface area is 141 Å². The maximum Gasteiger partial charge on any atom is 0.239 e. The standard InChI is InChI=1S/C18H21N5O/c24-18(21-17-9-19-6-7-20-17)13-23-12-15-8-16(23)11-22(15)10-14-4-2-1-3-5-14/h1-7,9,15-16H,8,10-13H2,(H,20,21,24)/t15-,16-/m0/s1. The number of nitrogens with zero attached hydrogens (tertiary/aromatic N) is 4. The fourth-order valence-electron chi connectivity index (χ4n) is 3.77. The van der Waals surface area contributed by atoms with Gasteiger partial charge in [-0.15, -0.1) is 0 Å². The Morgan fingerprint density at radius 2 is 1.92 bits per heavy atom. The zero-order chi connectivity index (χ0) is 16.4. The van der Waals surface area contributed by atoms with Gasteiger partial charge in [0.05, 0.1) is 12.7 Å². The zero-order valence-electron chi connectivity index (χ0n) is 13.5. The van der Waals surface area contributed by atoms with Crippen LogP contribution in [0.15, 0.2) is 48.9 Å². The number of nitrogens with one attached hydrogen (secondary N) is 1. The topological polar surface area (TPSA) is 61.4 Å². The fourth-order valence-corrected chi connectivity index (χ4v) is 3.77. The van der Waals surface area contributed by atoms with Crippen LogP contribution in [0.1, 0.15) is 12.0 Å². The largest absolute Gasteiger partial charge is 0.308 e. The Morgan fingerprint density at radius 3 is 2.62 bits per heavy atom. The van der Waals surface area contributed by atoms with Gasteiger partial charge in [-0.25, -0.2) is 4.98 Å². The van der Waals surface area contributed by atoms with E-state index in [1.54, 1.807) is 18.6 Å². The van der Waals surface area contributed by atoms with Crippen LogP contribution in [0.2, 0.25) is 0 Å². The smallest absolute Gasteiger partial charge is 0.239 e. The Bertz CT molecular complexity index is 693. The number of hydrogen-bond acceptors (Lipinski definition) is 5. The highest BCUT2D eigenvalue weighted by atomic mass is 16.2. The summed E-state index contributed by atoms with van der Waals surface area (Å²) in [5, 5.41) is 2.81. The molecule has 2 aliphatic rings. The number of benzene rings is 1. The van der Waals surface area contributed by atoms with E-state index in [2.05, 4.69) is 55.4 Å². The molecule has 3 heterocycles. The molecule has 6 heteroatoms. The van der Waals surface area contributed by atoms with Gasteiger partial charge in [0.1, 0.15) is 0 Å². The van der Waals surface area contributed by atoms with Gasteiger partial charge in [0.25, 0.3) is 0 Å². The van der Waals surface area contributed by atoms with Crippen molar-refractivity contribution in [1.82, 2.24) is 19.8 Å². The summed E-state index contributed by atoms with van der Waals surface area (Å²) < 4.78 is 0. The highest BCUT2D eigenvalue weighted by Crippen LogP contribution is 2.31. The van der Waals surface area contributed by atoms with Gasteiger partial charge >= 0.3 is 0 Å². The van der Waals surface area contributed by atoms with Gasteiger partial charge in [-0.1, -0.05) is 30.3 Å². The molecule has 0 radical (unpaired) electrons. The Kier molecular flexibility index (Phi) is 4.23. The first kappa shape index (κ1) is 15.2. The van der Waals surface area contributed by atoms with E-state index in [9.17, 15) is 4.79 Å². The lowest BCUT2D eigenvalue weighted by atomic mass is 10.2. The lowest BCUT2D eigenvalue weighted by Crippen LogP contribution is -2.48. The van der Waals surface area contributed by atoms with Crippen LogP contribution in [0.25, 0.3) is 0 Å². The zero-order valence-corrected chi connectivity index (χ0v) is 13.5. The molecular weight excluding hydrogens is 302 g/mol. The number of hydrogen-bond donors (Lipinski definition) is 1. The first-order chi connectivity index (χ1) is 11.8. The fraction of sp³-hybridized carbons (Fsp3) is 0.389. The van der Waals surface area contributed by atoms with E-state index >= 15 is 0 Å². The Morgan fingerprint density at radius 1 is 1.12 bits per heavy atom. The monoisotopic (exact) mass is 323 g/mol. The second kappa shape index (κ2) is 6.67. The third-order valence-electron chi connectivity index (χ3n) is 4.87. The number of piperazine rings is 1. The molecule has 4 rings (SSSR count). The minimum absolute atomic E-state index is 0.0161. The number of anilines is 1. The molecule has 124 valence electrons. The second-order valence-electron chi connectivity index (χ2n) is 6.53. The van der Waals surface area contributed by atoms with Gasteiger partial charge in [0.15, 0.2) is 5.82 Å². The minimum Gasteiger partial charge on any atom is -0.308 e. The van der Waals surface area contributed by atoms with Crippen molar-refractivity contribution in [2.75, 3.05) is 25.0 Å². The molecule has 1 aromatic carbocycles. The van der Waals surface area contributed by atoms with Crippen molar-refractivity contribution >= 4 is 11.7 Å². The van der Waals surface area contributed by atoms with Crippen LogP contribution in [0.3, 0.4) is 0 Å². The number of carbonyl (C=O) groups is 1. The number of rotatable bonds is 5. The summed E-state index contributed by atoms with van der Waals surface area (Å²) >= 11 is 0. The van der Waals surface area contributed by atoms with E-state index in [1.807, 2.05) is 0 Å². The summed E-state index contributed by atoms with van der Waals surface area (Å²) in [6.45, 7) is 3.43. The SMILES string of the molecule is O=C(CN1C[C@@H]2C[C@H]1CN2Cc1ccccc1)Nc1cnccn1. The molecule has 0 unspecified atom stereocenters. The molecule has 2 aliphatic heterocycles. The summed E-state index contributed by atoms with van der Waals surface area (Å²) in [7, 11) is 0. The maximum absolute atomic E-state index is 12.2. The van der Waals surface area contributed by atoms with Crippen LogP contribution in [0, 0.1) is 0 Å². The lowest BCUT2D eigenvalue weighted by molar-refractivity contribution is -0.117. The van der Waals surface area contributed by atoms with Crippen molar-refractivity contribution < 1.29 is 4.79 Å².